The van der Waals surface area contributed by atoms with Gasteiger partial charge in [0.15, 0.2) is 24.6 Å². The molecule has 12 heteroatoms. The highest BCUT2D eigenvalue weighted by Crippen LogP contribution is 2.26. The van der Waals surface area contributed by atoms with E-state index in [1.165, 1.54) is 57.8 Å². The van der Waals surface area contributed by atoms with Gasteiger partial charge in [0.05, 0.1) is 6.61 Å². The van der Waals surface area contributed by atoms with Gasteiger partial charge in [-0.1, -0.05) is 207 Å². The van der Waals surface area contributed by atoms with Crippen molar-refractivity contribution in [2.24, 2.45) is 0 Å². The summed E-state index contributed by atoms with van der Waals surface area (Å²) in [6, 6.07) is 0. The zero-order valence-electron chi connectivity index (χ0n) is 45.1. The van der Waals surface area contributed by atoms with Crippen molar-refractivity contribution >= 4 is 23.9 Å². The Hall–Kier alpha value is -4.62. The number of rotatable bonds is 45. The minimum Gasteiger partial charge on any atom is -0.479 e. The number of hydrogen-bond acceptors (Lipinski definition) is 11. The first-order chi connectivity index (χ1) is 35.6. The van der Waals surface area contributed by atoms with Crippen molar-refractivity contribution in [2.45, 2.75) is 237 Å². The Morgan fingerprint density at radius 3 is 1.36 bits per heavy atom. The number of carbonyl (C=O) groups excluding carboxylic acids is 3. The number of esters is 3. The van der Waals surface area contributed by atoms with Gasteiger partial charge in [0.2, 0.25) is 0 Å². The average Bonchev–Trinajstić information content (AvgIpc) is 3.37. The van der Waals surface area contributed by atoms with Crippen molar-refractivity contribution in [2.75, 3.05) is 13.2 Å². The zero-order valence-corrected chi connectivity index (χ0v) is 45.1. The minimum absolute atomic E-state index is 0.0704. The van der Waals surface area contributed by atoms with E-state index in [9.17, 15) is 34.5 Å². The van der Waals surface area contributed by atoms with Crippen LogP contribution >= 0.6 is 0 Å². The highest BCUT2D eigenvalue weighted by atomic mass is 16.7. The van der Waals surface area contributed by atoms with Gasteiger partial charge in [-0.05, 0) is 83.5 Å². The number of carbonyl (C=O) groups is 4. The van der Waals surface area contributed by atoms with Crippen LogP contribution in [0.2, 0.25) is 0 Å². The molecule has 0 aliphatic carbocycles. The Morgan fingerprint density at radius 1 is 0.466 bits per heavy atom. The first-order valence-corrected chi connectivity index (χ1v) is 27.9. The van der Waals surface area contributed by atoms with E-state index in [0.29, 0.717) is 32.1 Å². The van der Waals surface area contributed by atoms with E-state index in [4.69, 9.17) is 23.7 Å². The summed E-state index contributed by atoms with van der Waals surface area (Å²) in [6.07, 6.45) is 52.3. The third-order valence-electron chi connectivity index (χ3n) is 11.9. The lowest BCUT2D eigenvalue weighted by Crippen LogP contribution is -2.61. The molecule has 6 unspecified atom stereocenters. The average molecular weight is 1020 g/mol. The molecule has 1 aliphatic rings. The van der Waals surface area contributed by atoms with Crippen LogP contribution in [0.1, 0.15) is 201 Å². The molecule has 0 amide bonds. The maximum Gasteiger partial charge on any atom is 0.335 e. The molecule has 0 aromatic heterocycles. The molecule has 73 heavy (non-hydrogen) atoms. The van der Waals surface area contributed by atoms with E-state index in [1.54, 1.807) is 0 Å². The lowest BCUT2D eigenvalue weighted by molar-refractivity contribution is -0.301. The van der Waals surface area contributed by atoms with Crippen LogP contribution in [0.4, 0.5) is 0 Å². The fraction of sp³-hybridized carbons (Fsp3) is 0.639. The molecule has 12 nitrogen and oxygen atoms in total. The van der Waals surface area contributed by atoms with Crippen LogP contribution in [-0.4, -0.2) is 89.2 Å². The molecule has 0 aromatic carbocycles. The Labute approximate surface area is 440 Å². The van der Waals surface area contributed by atoms with Crippen LogP contribution in [0.15, 0.2) is 109 Å². The number of carboxylic acids is 1. The van der Waals surface area contributed by atoms with E-state index in [1.807, 2.05) is 24.3 Å². The number of aliphatic hydroxyl groups is 2. The SMILES string of the molecule is CC/C=C\C/C=C\C/C=C\C/C=C\C/C=C\CCCC(=O)OCC(COC1OC(C(=O)O)C(O)C(O)C1OC(=O)CC/C=C\C/C=C\C/C=C\C/C=C\CC)OC(=O)CCCCCCCCCCCCCCC. The van der Waals surface area contributed by atoms with Crippen molar-refractivity contribution < 1.29 is 58.2 Å². The topological polar surface area (TPSA) is 175 Å². The lowest BCUT2D eigenvalue weighted by Gasteiger charge is -2.40. The predicted molar refractivity (Wildman–Crippen MR) is 294 cm³/mol. The molecule has 1 saturated heterocycles. The van der Waals surface area contributed by atoms with Gasteiger partial charge < -0.3 is 39.0 Å². The summed E-state index contributed by atoms with van der Waals surface area (Å²) in [5, 5.41) is 31.4. The fourth-order valence-electron chi connectivity index (χ4n) is 7.65. The summed E-state index contributed by atoms with van der Waals surface area (Å²) in [4.78, 5) is 50.9. The molecule has 0 spiro atoms. The second-order valence-corrected chi connectivity index (χ2v) is 18.5. The highest BCUT2D eigenvalue weighted by Gasteiger charge is 2.50. The van der Waals surface area contributed by atoms with Crippen LogP contribution in [0.3, 0.4) is 0 Å². The van der Waals surface area contributed by atoms with E-state index in [-0.39, 0.29) is 25.9 Å². The number of allylic oxidation sites excluding steroid dienone is 18. The second-order valence-electron chi connectivity index (χ2n) is 18.5. The third kappa shape index (κ3) is 38.6. The molecule has 1 fully saturated rings. The Balaban J connectivity index is 2.79. The van der Waals surface area contributed by atoms with Crippen molar-refractivity contribution in [3.63, 3.8) is 0 Å². The van der Waals surface area contributed by atoms with Crippen molar-refractivity contribution in [3.05, 3.63) is 109 Å². The minimum atomic E-state index is -1.94. The van der Waals surface area contributed by atoms with Gasteiger partial charge in [-0.2, -0.15) is 0 Å². The number of aliphatic carboxylic acids is 1. The Kier molecular flexibility index (Phi) is 44.0. The highest BCUT2D eigenvalue weighted by molar-refractivity contribution is 5.74. The summed E-state index contributed by atoms with van der Waals surface area (Å²) in [7, 11) is 0. The largest absolute Gasteiger partial charge is 0.479 e. The van der Waals surface area contributed by atoms with E-state index in [0.717, 1.165) is 70.6 Å². The number of aliphatic hydroxyl groups excluding tert-OH is 2. The Bertz CT molecular complexity index is 1690. The van der Waals surface area contributed by atoms with Crippen molar-refractivity contribution in [3.8, 4) is 0 Å². The first-order valence-electron chi connectivity index (χ1n) is 27.9. The third-order valence-corrected chi connectivity index (χ3v) is 11.9. The van der Waals surface area contributed by atoms with Gasteiger partial charge >= 0.3 is 23.9 Å². The molecule has 0 saturated carbocycles. The monoisotopic (exact) mass is 1020 g/mol. The standard InChI is InChI=1S/C61H96O12/c1-4-7-10-13-16-19-22-25-26-27-28-31-32-35-38-41-44-47-53(62)69-50-52(71-54(63)48-45-42-39-36-33-29-23-20-17-14-11-8-5-2)51-70-61-59(57(66)56(65)58(73-61)60(67)68)72-55(64)49-46-43-40-37-34-30-24-21-18-15-12-9-6-3/h7,9-10,12,16,18-19,21,25-26,28,30-31,34-35,38,40,43,52,56-59,61,65-66H,4-6,8,11,13-15,17,20,22-24,27,29,32-33,36-37,39,41-42,44-51H2,1-3H3,(H,67,68)/b10-7-,12-9-,19-16-,21-18-,26-25-,31-28-,34-30-,38-35-,43-40-. The van der Waals surface area contributed by atoms with Crippen LogP contribution in [0.25, 0.3) is 0 Å². The second kappa shape index (κ2) is 48.3. The van der Waals surface area contributed by atoms with Crippen LogP contribution in [0, 0.1) is 0 Å². The maximum absolute atomic E-state index is 13.1. The quantitative estimate of drug-likeness (QED) is 0.0228. The molecule has 0 aromatic rings. The molecule has 6 atom stereocenters. The summed E-state index contributed by atoms with van der Waals surface area (Å²) in [5.74, 6) is -3.32. The Morgan fingerprint density at radius 2 is 0.890 bits per heavy atom. The molecular formula is C61H96O12. The molecule has 0 radical (unpaired) electrons. The summed E-state index contributed by atoms with van der Waals surface area (Å²) in [5.41, 5.74) is 0. The van der Waals surface area contributed by atoms with E-state index in [2.05, 4.69) is 106 Å². The lowest BCUT2D eigenvalue weighted by atomic mass is 9.98. The van der Waals surface area contributed by atoms with E-state index < -0.39 is 67.3 Å². The number of carboxylic acid groups (broad SMARTS) is 1. The van der Waals surface area contributed by atoms with Crippen LogP contribution in [-0.2, 0) is 42.9 Å². The van der Waals surface area contributed by atoms with Crippen LogP contribution < -0.4 is 0 Å². The van der Waals surface area contributed by atoms with Gasteiger partial charge in [0.1, 0.15) is 18.8 Å². The summed E-state index contributed by atoms with van der Waals surface area (Å²) < 4.78 is 28.2. The van der Waals surface area contributed by atoms with Gasteiger partial charge in [0.25, 0.3) is 0 Å². The van der Waals surface area contributed by atoms with Crippen molar-refractivity contribution in [1.82, 2.24) is 0 Å². The van der Waals surface area contributed by atoms with Crippen molar-refractivity contribution in [1.29, 1.82) is 0 Å². The predicted octanol–water partition coefficient (Wildman–Crippen LogP) is 13.9. The fourth-order valence-corrected chi connectivity index (χ4v) is 7.65. The van der Waals surface area contributed by atoms with Gasteiger partial charge in [-0.3, -0.25) is 14.4 Å². The molecule has 1 rings (SSSR count). The molecule has 412 valence electrons. The van der Waals surface area contributed by atoms with Crippen LogP contribution in [0.5, 0.6) is 0 Å². The smallest absolute Gasteiger partial charge is 0.335 e. The maximum atomic E-state index is 13.1. The first kappa shape index (κ1) is 66.4. The summed E-state index contributed by atoms with van der Waals surface area (Å²) in [6.45, 7) is 5.65. The number of ether oxygens (including phenoxy) is 5. The van der Waals surface area contributed by atoms with Gasteiger partial charge in [-0.25, -0.2) is 4.79 Å². The molecule has 3 N–H and O–H groups in total. The number of hydrogen-bond donors (Lipinski definition) is 3. The molecule has 1 aliphatic heterocycles. The van der Waals surface area contributed by atoms with E-state index >= 15 is 0 Å². The summed E-state index contributed by atoms with van der Waals surface area (Å²) >= 11 is 0. The van der Waals surface area contributed by atoms with Gasteiger partial charge in [0, 0.05) is 19.3 Å². The molecular weight excluding hydrogens is 925 g/mol. The molecule has 1 heterocycles. The number of unbranched alkanes of at least 4 members (excludes halogenated alkanes) is 13. The normalized spacial score (nSPS) is 19.2. The zero-order chi connectivity index (χ0) is 53.3. The molecule has 0 bridgehead atoms. The van der Waals surface area contributed by atoms with Gasteiger partial charge in [-0.15, -0.1) is 0 Å².